The van der Waals surface area contributed by atoms with Gasteiger partial charge in [0.25, 0.3) is 0 Å². The monoisotopic (exact) mass is 329 g/mol. The molecule has 1 fully saturated rings. The first-order chi connectivity index (χ1) is 9.10. The number of halogens is 1. The van der Waals surface area contributed by atoms with Crippen LogP contribution >= 0.6 is 15.9 Å². The summed E-state index contributed by atoms with van der Waals surface area (Å²) in [6.07, 6.45) is 2.00. The number of nitrogens with zero attached hydrogens (tertiary/aromatic N) is 2. The lowest BCUT2D eigenvalue weighted by atomic mass is 10.0. The zero-order valence-electron chi connectivity index (χ0n) is 11.6. The molecule has 0 spiro atoms. The third-order valence-corrected chi connectivity index (χ3v) is 4.07. The SMILES string of the molecule is CCNc1nc(C2(C)CCCO2)nc(COC)c1Br. The number of aromatic nitrogens is 2. The second-order valence-electron chi connectivity index (χ2n) is 4.80. The van der Waals surface area contributed by atoms with Gasteiger partial charge in [-0.05, 0) is 42.6 Å². The minimum Gasteiger partial charge on any atom is -0.378 e. The van der Waals surface area contributed by atoms with Crippen LogP contribution in [0.5, 0.6) is 0 Å². The number of hydrogen-bond donors (Lipinski definition) is 1. The quantitative estimate of drug-likeness (QED) is 0.900. The van der Waals surface area contributed by atoms with E-state index in [0.717, 1.165) is 47.8 Å². The molecule has 106 valence electrons. The van der Waals surface area contributed by atoms with E-state index in [-0.39, 0.29) is 5.60 Å². The normalized spacial score (nSPS) is 22.7. The molecule has 2 heterocycles. The highest BCUT2D eigenvalue weighted by Gasteiger charge is 2.35. The number of ether oxygens (including phenoxy) is 2. The molecule has 1 unspecified atom stereocenters. The van der Waals surface area contributed by atoms with Crippen molar-refractivity contribution in [3.05, 3.63) is 16.0 Å². The fraction of sp³-hybridized carbons (Fsp3) is 0.692. The summed E-state index contributed by atoms with van der Waals surface area (Å²) in [6, 6.07) is 0. The lowest BCUT2D eigenvalue weighted by Crippen LogP contribution is -2.25. The summed E-state index contributed by atoms with van der Waals surface area (Å²) >= 11 is 3.54. The highest BCUT2D eigenvalue weighted by molar-refractivity contribution is 9.10. The summed E-state index contributed by atoms with van der Waals surface area (Å²) in [6.45, 7) is 6.11. The predicted molar refractivity (Wildman–Crippen MR) is 77.1 cm³/mol. The van der Waals surface area contributed by atoms with E-state index < -0.39 is 0 Å². The molecule has 1 atom stereocenters. The molecule has 1 aromatic rings. The molecule has 0 bridgehead atoms. The van der Waals surface area contributed by atoms with Crippen LogP contribution in [0.25, 0.3) is 0 Å². The van der Waals surface area contributed by atoms with Crippen LogP contribution in [0.15, 0.2) is 4.47 Å². The molecule has 1 aliphatic heterocycles. The van der Waals surface area contributed by atoms with Gasteiger partial charge in [-0.15, -0.1) is 0 Å². The van der Waals surface area contributed by atoms with Crippen molar-refractivity contribution in [3.63, 3.8) is 0 Å². The molecular formula is C13H20BrN3O2. The number of methoxy groups -OCH3 is 1. The minimum atomic E-state index is -0.382. The van der Waals surface area contributed by atoms with Crippen LogP contribution < -0.4 is 5.32 Å². The van der Waals surface area contributed by atoms with Crippen LogP contribution in [-0.2, 0) is 21.7 Å². The summed E-state index contributed by atoms with van der Waals surface area (Å²) in [7, 11) is 1.66. The molecule has 0 saturated carbocycles. The smallest absolute Gasteiger partial charge is 0.162 e. The molecule has 19 heavy (non-hydrogen) atoms. The Labute approximate surface area is 122 Å². The Kier molecular flexibility index (Phi) is 4.76. The van der Waals surface area contributed by atoms with Gasteiger partial charge in [0.2, 0.25) is 0 Å². The zero-order chi connectivity index (χ0) is 13.9. The second-order valence-corrected chi connectivity index (χ2v) is 5.60. The van der Waals surface area contributed by atoms with E-state index in [2.05, 4.69) is 38.1 Å². The van der Waals surface area contributed by atoms with E-state index in [0.29, 0.717) is 6.61 Å². The molecule has 1 aromatic heterocycles. The van der Waals surface area contributed by atoms with Crippen LogP contribution in [0.3, 0.4) is 0 Å². The molecule has 2 rings (SSSR count). The highest BCUT2D eigenvalue weighted by atomic mass is 79.9. The highest BCUT2D eigenvalue weighted by Crippen LogP contribution is 2.36. The largest absolute Gasteiger partial charge is 0.378 e. The summed E-state index contributed by atoms with van der Waals surface area (Å²) in [4.78, 5) is 9.22. The third-order valence-electron chi connectivity index (χ3n) is 3.24. The molecule has 1 saturated heterocycles. The molecule has 1 aliphatic rings. The molecule has 0 radical (unpaired) electrons. The van der Waals surface area contributed by atoms with Gasteiger partial charge in [0.05, 0.1) is 16.8 Å². The number of anilines is 1. The van der Waals surface area contributed by atoms with Gasteiger partial charge in [-0.3, -0.25) is 0 Å². The van der Waals surface area contributed by atoms with E-state index in [4.69, 9.17) is 9.47 Å². The van der Waals surface area contributed by atoms with Gasteiger partial charge in [0.15, 0.2) is 5.82 Å². The average Bonchev–Trinajstić information content (AvgIpc) is 2.83. The van der Waals surface area contributed by atoms with Crippen molar-refractivity contribution in [1.29, 1.82) is 0 Å². The molecule has 5 nitrogen and oxygen atoms in total. The van der Waals surface area contributed by atoms with Crippen molar-refractivity contribution in [2.24, 2.45) is 0 Å². The van der Waals surface area contributed by atoms with Gasteiger partial charge >= 0.3 is 0 Å². The van der Waals surface area contributed by atoms with E-state index >= 15 is 0 Å². The standard InChI is InChI=1S/C13H20BrN3O2/c1-4-15-11-10(14)9(8-18-3)16-12(17-11)13(2)6-5-7-19-13/h4-8H2,1-3H3,(H,15,16,17). The van der Waals surface area contributed by atoms with Crippen molar-refractivity contribution < 1.29 is 9.47 Å². The average molecular weight is 330 g/mol. The van der Waals surface area contributed by atoms with Gasteiger partial charge in [-0.1, -0.05) is 0 Å². The molecule has 1 N–H and O–H groups in total. The number of rotatable bonds is 5. The Morgan fingerprint density at radius 3 is 2.84 bits per heavy atom. The Hall–Kier alpha value is -0.720. The van der Waals surface area contributed by atoms with Gasteiger partial charge in [0.1, 0.15) is 11.4 Å². The Bertz CT molecular complexity index is 421. The molecule has 6 heteroatoms. The van der Waals surface area contributed by atoms with Crippen LogP contribution in [-0.4, -0.2) is 30.2 Å². The maximum absolute atomic E-state index is 5.82. The summed E-state index contributed by atoms with van der Waals surface area (Å²) in [5, 5.41) is 3.25. The van der Waals surface area contributed by atoms with Crippen LogP contribution in [0.4, 0.5) is 5.82 Å². The van der Waals surface area contributed by atoms with Gasteiger partial charge < -0.3 is 14.8 Å². The van der Waals surface area contributed by atoms with E-state index in [9.17, 15) is 0 Å². The van der Waals surface area contributed by atoms with Crippen molar-refractivity contribution in [3.8, 4) is 0 Å². The van der Waals surface area contributed by atoms with E-state index in [1.165, 1.54) is 0 Å². The first-order valence-corrected chi connectivity index (χ1v) is 7.33. The first kappa shape index (κ1) is 14.7. The number of nitrogens with one attached hydrogen (secondary N) is 1. The summed E-state index contributed by atoms with van der Waals surface area (Å²) < 4.78 is 11.9. The van der Waals surface area contributed by atoms with Gasteiger partial charge in [-0.25, -0.2) is 9.97 Å². The first-order valence-electron chi connectivity index (χ1n) is 6.54. The van der Waals surface area contributed by atoms with Crippen LogP contribution in [0.1, 0.15) is 38.2 Å². The Morgan fingerprint density at radius 1 is 1.47 bits per heavy atom. The van der Waals surface area contributed by atoms with Crippen molar-refractivity contribution >= 4 is 21.7 Å². The topological polar surface area (TPSA) is 56.3 Å². The maximum Gasteiger partial charge on any atom is 0.162 e. The molecule has 0 amide bonds. The second kappa shape index (κ2) is 6.15. The lowest BCUT2D eigenvalue weighted by molar-refractivity contribution is 0.00894. The van der Waals surface area contributed by atoms with Gasteiger partial charge in [-0.2, -0.15) is 0 Å². The lowest BCUT2D eigenvalue weighted by Gasteiger charge is -2.23. The molecule has 0 aromatic carbocycles. The fourth-order valence-electron chi connectivity index (χ4n) is 2.20. The predicted octanol–water partition coefficient (Wildman–Crippen LogP) is 2.84. The Morgan fingerprint density at radius 2 is 2.26 bits per heavy atom. The molecular weight excluding hydrogens is 310 g/mol. The van der Waals surface area contributed by atoms with Crippen LogP contribution in [0.2, 0.25) is 0 Å². The van der Waals surface area contributed by atoms with E-state index in [1.54, 1.807) is 7.11 Å². The summed E-state index contributed by atoms with van der Waals surface area (Å²) in [5.41, 5.74) is 0.466. The van der Waals surface area contributed by atoms with Crippen LogP contribution in [0, 0.1) is 0 Å². The van der Waals surface area contributed by atoms with Crippen molar-refractivity contribution in [2.45, 2.75) is 38.9 Å². The van der Waals surface area contributed by atoms with Gasteiger partial charge in [0, 0.05) is 20.3 Å². The van der Waals surface area contributed by atoms with Crippen molar-refractivity contribution in [2.75, 3.05) is 25.6 Å². The van der Waals surface area contributed by atoms with E-state index in [1.807, 2.05) is 6.92 Å². The van der Waals surface area contributed by atoms with Crippen molar-refractivity contribution in [1.82, 2.24) is 9.97 Å². The third kappa shape index (κ3) is 3.07. The Balaban J connectivity index is 2.43. The zero-order valence-corrected chi connectivity index (χ0v) is 13.2. The maximum atomic E-state index is 5.82. The fourth-order valence-corrected chi connectivity index (χ4v) is 2.63. The summed E-state index contributed by atoms with van der Waals surface area (Å²) in [5.74, 6) is 1.53. The molecule has 0 aliphatic carbocycles. The minimum absolute atomic E-state index is 0.382. The number of hydrogen-bond acceptors (Lipinski definition) is 5.